The van der Waals surface area contributed by atoms with Crippen LogP contribution in [0.15, 0.2) is 47.8 Å². The van der Waals surface area contributed by atoms with E-state index in [1.807, 2.05) is 31.2 Å². The number of esters is 1. The summed E-state index contributed by atoms with van der Waals surface area (Å²) in [5.41, 5.74) is 1.70. The van der Waals surface area contributed by atoms with Crippen LogP contribution >= 0.6 is 11.3 Å². The Labute approximate surface area is 193 Å². The van der Waals surface area contributed by atoms with Crippen molar-refractivity contribution >= 4 is 34.6 Å². The Kier molecular flexibility index (Phi) is 7.92. The molecular weight excluding hydrogens is 450 g/mol. The van der Waals surface area contributed by atoms with Crippen molar-refractivity contribution in [2.75, 3.05) is 19.0 Å². The molecule has 0 aliphatic heterocycles. The smallest absolute Gasteiger partial charge is 0.312 e. The van der Waals surface area contributed by atoms with Crippen LogP contribution in [0.25, 0.3) is 0 Å². The summed E-state index contributed by atoms with van der Waals surface area (Å²) in [4.78, 5) is 38.8. The highest BCUT2D eigenvalue weighted by Crippen LogP contribution is 2.28. The fraction of sp³-hybridized carbons (Fsp3) is 0.227. The number of aryl methyl sites for hydroxylation is 1. The number of anilines is 1. The molecule has 0 saturated carbocycles. The van der Waals surface area contributed by atoms with E-state index in [0.717, 1.165) is 11.3 Å². The fourth-order valence-corrected chi connectivity index (χ4v) is 3.41. The molecule has 11 heteroatoms. The average Bonchev–Trinajstić information content (AvgIpc) is 3.24. The Morgan fingerprint density at radius 1 is 1.18 bits per heavy atom. The first-order valence-corrected chi connectivity index (χ1v) is 10.6. The van der Waals surface area contributed by atoms with Crippen LogP contribution in [-0.4, -0.2) is 35.5 Å². The average molecular weight is 471 g/mol. The minimum atomic E-state index is -0.614. The van der Waals surface area contributed by atoms with E-state index in [-0.39, 0.29) is 30.2 Å². The lowest BCUT2D eigenvalue weighted by Crippen LogP contribution is -2.22. The predicted octanol–water partition coefficient (Wildman–Crippen LogP) is 3.67. The van der Waals surface area contributed by atoms with Crippen LogP contribution in [0.1, 0.15) is 16.3 Å². The van der Waals surface area contributed by atoms with Crippen molar-refractivity contribution in [2.45, 2.75) is 20.0 Å². The Bertz CT molecular complexity index is 1150. The van der Waals surface area contributed by atoms with Gasteiger partial charge in [0.15, 0.2) is 6.61 Å². The third-order valence-electron chi connectivity index (χ3n) is 4.34. The molecular formula is C22H21N3O7S. The van der Waals surface area contributed by atoms with Crippen LogP contribution in [-0.2, 0) is 27.4 Å². The molecule has 0 bridgehead atoms. The Morgan fingerprint density at radius 3 is 2.64 bits per heavy atom. The Balaban J connectivity index is 1.45. The summed E-state index contributed by atoms with van der Waals surface area (Å²) in [7, 11) is 1.32. The highest BCUT2D eigenvalue weighted by atomic mass is 32.1. The molecule has 10 nitrogen and oxygen atoms in total. The van der Waals surface area contributed by atoms with Crippen molar-refractivity contribution in [3.63, 3.8) is 0 Å². The van der Waals surface area contributed by atoms with E-state index in [4.69, 9.17) is 14.2 Å². The minimum absolute atomic E-state index is 0.0881. The standard InChI is InChI=1S/C22H21N3O7S/c1-14-3-6-17(7-4-14)31-12-21-23-15(13-33-21)9-22(27)32-11-20(26)24-18-8-5-16(25(28)29)10-19(18)30-2/h3-8,10,13H,9,11-12H2,1-2H3,(H,24,26). The molecule has 0 radical (unpaired) electrons. The molecule has 1 aromatic heterocycles. The molecule has 0 aliphatic carbocycles. The molecule has 1 amide bonds. The number of hydrogen-bond acceptors (Lipinski definition) is 9. The topological polar surface area (TPSA) is 130 Å². The molecule has 0 unspecified atom stereocenters. The number of hydrogen-bond donors (Lipinski definition) is 1. The van der Waals surface area contributed by atoms with Crippen molar-refractivity contribution < 1.29 is 28.7 Å². The summed E-state index contributed by atoms with van der Waals surface area (Å²) in [6.45, 7) is 1.75. The van der Waals surface area contributed by atoms with Gasteiger partial charge in [-0.15, -0.1) is 11.3 Å². The first kappa shape index (κ1) is 23.7. The number of nitro benzene ring substituents is 1. The summed E-state index contributed by atoms with van der Waals surface area (Å²) in [6.07, 6.45) is -0.0881. The number of nitro groups is 1. The highest BCUT2D eigenvalue weighted by molar-refractivity contribution is 7.09. The quantitative estimate of drug-likeness (QED) is 0.269. The maximum absolute atomic E-state index is 12.1. The summed E-state index contributed by atoms with van der Waals surface area (Å²) in [6, 6.07) is 11.4. The number of non-ortho nitro benzene ring substituents is 1. The number of ether oxygens (including phenoxy) is 3. The zero-order valence-electron chi connectivity index (χ0n) is 17.9. The second kappa shape index (κ2) is 11.0. The largest absolute Gasteiger partial charge is 0.494 e. The second-order valence-corrected chi connectivity index (χ2v) is 7.80. The van der Waals surface area contributed by atoms with E-state index >= 15 is 0 Å². The van der Waals surface area contributed by atoms with Crippen LogP contribution in [0.5, 0.6) is 11.5 Å². The number of thiazole rings is 1. The van der Waals surface area contributed by atoms with E-state index in [0.29, 0.717) is 10.7 Å². The first-order valence-electron chi connectivity index (χ1n) is 9.74. The lowest BCUT2D eigenvalue weighted by atomic mass is 10.2. The van der Waals surface area contributed by atoms with Gasteiger partial charge < -0.3 is 19.5 Å². The van der Waals surface area contributed by atoms with Gasteiger partial charge in [-0.1, -0.05) is 17.7 Å². The highest BCUT2D eigenvalue weighted by Gasteiger charge is 2.15. The number of aromatic nitrogens is 1. The zero-order chi connectivity index (χ0) is 23.8. The van der Waals surface area contributed by atoms with Crippen LogP contribution in [0.2, 0.25) is 0 Å². The molecule has 0 saturated heterocycles. The number of methoxy groups -OCH3 is 1. The van der Waals surface area contributed by atoms with Gasteiger partial charge in [0.05, 0.1) is 35.9 Å². The molecule has 3 rings (SSSR count). The molecule has 0 aliphatic rings. The van der Waals surface area contributed by atoms with E-state index in [2.05, 4.69) is 10.3 Å². The Hall–Kier alpha value is -3.99. The summed E-state index contributed by atoms with van der Waals surface area (Å²) >= 11 is 1.36. The van der Waals surface area contributed by atoms with Gasteiger partial charge >= 0.3 is 5.97 Å². The summed E-state index contributed by atoms with van der Waals surface area (Å²) < 4.78 is 15.7. The third-order valence-corrected chi connectivity index (χ3v) is 5.21. The van der Waals surface area contributed by atoms with Crippen molar-refractivity contribution in [2.24, 2.45) is 0 Å². The lowest BCUT2D eigenvalue weighted by molar-refractivity contribution is -0.384. The van der Waals surface area contributed by atoms with Gasteiger partial charge in [0.2, 0.25) is 0 Å². The van der Waals surface area contributed by atoms with E-state index in [9.17, 15) is 19.7 Å². The maximum Gasteiger partial charge on any atom is 0.312 e. The number of rotatable bonds is 10. The number of nitrogens with zero attached hydrogens (tertiary/aromatic N) is 2. The number of carbonyl (C=O) groups is 2. The van der Waals surface area contributed by atoms with E-state index < -0.39 is 23.4 Å². The second-order valence-electron chi connectivity index (χ2n) is 6.86. The van der Waals surface area contributed by atoms with Gasteiger partial charge in [-0.2, -0.15) is 0 Å². The van der Waals surface area contributed by atoms with E-state index in [1.165, 1.54) is 36.6 Å². The van der Waals surface area contributed by atoms with Crippen molar-refractivity contribution in [1.82, 2.24) is 4.98 Å². The predicted molar refractivity (Wildman–Crippen MR) is 121 cm³/mol. The fourth-order valence-electron chi connectivity index (χ4n) is 2.70. The number of amides is 1. The first-order chi connectivity index (χ1) is 15.8. The summed E-state index contributed by atoms with van der Waals surface area (Å²) in [5, 5.41) is 15.8. The number of benzene rings is 2. The normalized spacial score (nSPS) is 10.4. The number of carbonyl (C=O) groups excluding carboxylic acids is 2. The monoisotopic (exact) mass is 471 g/mol. The minimum Gasteiger partial charge on any atom is -0.494 e. The zero-order valence-corrected chi connectivity index (χ0v) is 18.7. The van der Waals surface area contributed by atoms with Gasteiger partial charge in [0.1, 0.15) is 23.1 Å². The van der Waals surface area contributed by atoms with Gasteiger partial charge in [0, 0.05) is 11.4 Å². The van der Waals surface area contributed by atoms with Gasteiger partial charge in [-0.3, -0.25) is 19.7 Å². The molecule has 3 aromatic rings. The summed E-state index contributed by atoms with van der Waals surface area (Å²) in [5.74, 6) is -0.378. The molecule has 0 spiro atoms. The molecule has 172 valence electrons. The van der Waals surface area contributed by atoms with Crippen molar-refractivity contribution in [1.29, 1.82) is 0 Å². The SMILES string of the molecule is COc1cc([N+](=O)[O-])ccc1NC(=O)COC(=O)Cc1csc(COc2ccc(C)cc2)n1. The van der Waals surface area contributed by atoms with Crippen LogP contribution in [0.3, 0.4) is 0 Å². The Morgan fingerprint density at radius 2 is 1.94 bits per heavy atom. The molecule has 0 fully saturated rings. The van der Waals surface area contributed by atoms with Gasteiger partial charge in [0.25, 0.3) is 11.6 Å². The van der Waals surface area contributed by atoms with Crippen molar-refractivity contribution in [3.8, 4) is 11.5 Å². The van der Waals surface area contributed by atoms with E-state index in [1.54, 1.807) is 5.38 Å². The molecule has 2 aromatic carbocycles. The molecule has 0 atom stereocenters. The maximum atomic E-state index is 12.1. The van der Waals surface area contributed by atoms with Gasteiger partial charge in [-0.25, -0.2) is 4.98 Å². The molecule has 1 N–H and O–H groups in total. The van der Waals surface area contributed by atoms with Gasteiger partial charge in [-0.05, 0) is 25.1 Å². The van der Waals surface area contributed by atoms with Crippen molar-refractivity contribution in [3.05, 3.63) is 74.2 Å². The lowest BCUT2D eigenvalue weighted by Gasteiger charge is -2.10. The van der Waals surface area contributed by atoms with Crippen LogP contribution in [0, 0.1) is 17.0 Å². The van der Waals surface area contributed by atoms with Crippen LogP contribution in [0.4, 0.5) is 11.4 Å². The molecule has 33 heavy (non-hydrogen) atoms. The molecule has 1 heterocycles. The van der Waals surface area contributed by atoms with Crippen LogP contribution < -0.4 is 14.8 Å². The third kappa shape index (κ3) is 7.01. The number of nitrogens with one attached hydrogen (secondary N) is 1.